The average Bonchev–Trinajstić information content (AvgIpc) is 3.18. The van der Waals surface area contributed by atoms with Crippen molar-refractivity contribution < 1.29 is 42.7 Å². The lowest BCUT2D eigenvalue weighted by molar-refractivity contribution is -0.161. The summed E-state index contributed by atoms with van der Waals surface area (Å²) in [5, 5.41) is 9.83. The van der Waals surface area contributed by atoms with Crippen LogP contribution in [0.2, 0.25) is 0 Å². The van der Waals surface area contributed by atoms with Gasteiger partial charge in [0.2, 0.25) is 0 Å². The van der Waals surface area contributed by atoms with Gasteiger partial charge in [-0.15, -0.1) is 0 Å². The van der Waals surface area contributed by atoms with E-state index < -0.39 is 38.6 Å². The van der Waals surface area contributed by atoms with Crippen LogP contribution in [0.25, 0.3) is 0 Å². The lowest BCUT2D eigenvalue weighted by Crippen LogP contribution is -2.29. The summed E-state index contributed by atoms with van der Waals surface area (Å²) in [5.74, 6) is -0.966. The number of hydrogen-bond acceptors (Lipinski definition) is 9. The van der Waals surface area contributed by atoms with E-state index in [0.717, 1.165) is 64.2 Å². The van der Waals surface area contributed by atoms with E-state index in [1.54, 1.807) is 6.08 Å². The number of esters is 2. The molecule has 10 nitrogen and oxygen atoms in total. The van der Waals surface area contributed by atoms with Gasteiger partial charge in [0.05, 0.1) is 19.3 Å². The van der Waals surface area contributed by atoms with Crippen LogP contribution < -0.4 is 5.73 Å². The van der Waals surface area contributed by atoms with E-state index in [1.165, 1.54) is 38.5 Å². The Balaban J connectivity index is 4.36. The van der Waals surface area contributed by atoms with E-state index in [9.17, 15) is 24.2 Å². The van der Waals surface area contributed by atoms with Gasteiger partial charge in [0, 0.05) is 19.4 Å². The topological polar surface area (TPSA) is 155 Å². The number of ether oxygens (including phenoxy) is 2. The summed E-state index contributed by atoms with van der Waals surface area (Å²) < 4.78 is 32.6. The molecule has 0 spiro atoms. The minimum absolute atomic E-state index is 0.0323. The molecule has 0 aromatic heterocycles. The zero-order chi connectivity index (χ0) is 41.2. The summed E-state index contributed by atoms with van der Waals surface area (Å²) in [6.07, 6.45) is 46.7. The van der Waals surface area contributed by atoms with Crippen molar-refractivity contribution in [2.75, 3.05) is 26.4 Å². The highest BCUT2D eigenvalue weighted by atomic mass is 31.2. The number of rotatable bonds is 38. The van der Waals surface area contributed by atoms with Crippen LogP contribution in [0.1, 0.15) is 149 Å². The molecule has 0 bridgehead atoms. The minimum Gasteiger partial charge on any atom is -0.462 e. The molecule has 0 fully saturated rings. The van der Waals surface area contributed by atoms with E-state index in [-0.39, 0.29) is 32.6 Å². The second kappa shape index (κ2) is 40.4. The molecule has 0 aliphatic rings. The molecule has 0 rings (SSSR count). The maximum atomic E-state index is 12.6. The number of carbonyl (C=O) groups excluding carboxylic acids is 2. The number of carbonyl (C=O) groups is 2. The van der Waals surface area contributed by atoms with Gasteiger partial charge in [0.15, 0.2) is 6.10 Å². The molecular formula is C45H76NO9P. The summed E-state index contributed by atoms with van der Waals surface area (Å²) in [6.45, 7) is 3.39. The highest BCUT2D eigenvalue weighted by Crippen LogP contribution is 2.43. The van der Waals surface area contributed by atoms with Gasteiger partial charge in [0.25, 0.3) is 0 Å². The molecule has 0 aromatic rings. The molecule has 0 aliphatic carbocycles. The Kier molecular flexibility index (Phi) is 38.3. The quantitative estimate of drug-likeness (QED) is 0.0180. The van der Waals surface area contributed by atoms with Crippen molar-refractivity contribution in [3.63, 3.8) is 0 Å². The monoisotopic (exact) mass is 806 g/mol. The van der Waals surface area contributed by atoms with Gasteiger partial charge < -0.3 is 25.2 Å². The zero-order valence-electron chi connectivity index (χ0n) is 34.7. The first kappa shape index (κ1) is 53.1. The molecule has 0 amide bonds. The third-order valence-corrected chi connectivity index (χ3v) is 9.34. The van der Waals surface area contributed by atoms with Crippen LogP contribution in [0.15, 0.2) is 85.1 Å². The molecule has 320 valence electrons. The third kappa shape index (κ3) is 39.4. The van der Waals surface area contributed by atoms with Crippen LogP contribution in [0, 0.1) is 0 Å². The number of aliphatic hydroxyl groups excluding tert-OH is 1. The normalized spacial score (nSPS) is 14.7. The molecule has 3 atom stereocenters. The smallest absolute Gasteiger partial charge is 0.462 e. The van der Waals surface area contributed by atoms with Gasteiger partial charge >= 0.3 is 19.8 Å². The number of aliphatic hydroxyl groups is 1. The Morgan fingerprint density at radius 1 is 0.643 bits per heavy atom. The molecule has 0 aromatic carbocycles. The van der Waals surface area contributed by atoms with Crippen LogP contribution in [0.3, 0.4) is 0 Å². The van der Waals surface area contributed by atoms with E-state index >= 15 is 0 Å². The van der Waals surface area contributed by atoms with Crippen LogP contribution in [-0.4, -0.2) is 60.5 Å². The van der Waals surface area contributed by atoms with Gasteiger partial charge in [-0.25, -0.2) is 4.57 Å². The number of phosphoric ester groups is 1. The predicted molar refractivity (Wildman–Crippen MR) is 230 cm³/mol. The van der Waals surface area contributed by atoms with Crippen molar-refractivity contribution in [3.8, 4) is 0 Å². The van der Waals surface area contributed by atoms with Gasteiger partial charge in [-0.3, -0.25) is 18.6 Å². The van der Waals surface area contributed by atoms with Gasteiger partial charge in [0.1, 0.15) is 6.61 Å². The summed E-state index contributed by atoms with van der Waals surface area (Å²) in [7, 11) is -4.41. The first-order chi connectivity index (χ1) is 27.2. The van der Waals surface area contributed by atoms with Crippen molar-refractivity contribution in [2.24, 2.45) is 5.73 Å². The Morgan fingerprint density at radius 2 is 1.23 bits per heavy atom. The molecule has 0 radical (unpaired) electrons. The summed E-state index contributed by atoms with van der Waals surface area (Å²) in [6, 6.07) is 0. The van der Waals surface area contributed by atoms with E-state index in [2.05, 4.69) is 50.3 Å². The fourth-order valence-electron chi connectivity index (χ4n) is 5.21. The van der Waals surface area contributed by atoms with Crippen LogP contribution in [0.5, 0.6) is 0 Å². The predicted octanol–water partition coefficient (Wildman–Crippen LogP) is 11.0. The van der Waals surface area contributed by atoms with Gasteiger partial charge in [-0.05, 0) is 70.6 Å². The zero-order valence-corrected chi connectivity index (χ0v) is 35.6. The molecule has 11 heteroatoms. The molecule has 0 saturated carbocycles. The molecule has 0 saturated heterocycles. The molecule has 4 N–H and O–H groups in total. The molecule has 56 heavy (non-hydrogen) atoms. The van der Waals surface area contributed by atoms with Crippen molar-refractivity contribution in [3.05, 3.63) is 85.1 Å². The molecule has 2 unspecified atom stereocenters. The first-order valence-corrected chi connectivity index (χ1v) is 22.7. The Morgan fingerprint density at radius 3 is 1.88 bits per heavy atom. The van der Waals surface area contributed by atoms with Gasteiger partial charge in [-0.1, -0.05) is 150 Å². The molecule has 0 heterocycles. The first-order valence-electron chi connectivity index (χ1n) is 21.2. The number of allylic oxidation sites excluding steroid dienone is 12. The SMILES string of the molecule is CC/C=C\CC(O)/C=C/C=C/C/C=C\C/C=C\C/C=C\CCC(=O)OC[C@H](COP(=O)(O)OCCN)OC(=O)CCCCCCC/C=C\CCCCCCCC. The Bertz CT molecular complexity index is 1210. The van der Waals surface area contributed by atoms with Gasteiger partial charge in [-0.2, -0.15) is 0 Å². The Hall–Kier alpha value is -2.85. The summed E-state index contributed by atoms with van der Waals surface area (Å²) >= 11 is 0. The molecule has 0 aliphatic heterocycles. The van der Waals surface area contributed by atoms with Crippen molar-refractivity contribution in [2.45, 2.75) is 161 Å². The molecular weight excluding hydrogens is 729 g/mol. The Labute approximate surface area is 339 Å². The highest BCUT2D eigenvalue weighted by Gasteiger charge is 2.25. The maximum absolute atomic E-state index is 12.6. The number of unbranched alkanes of at least 4 members (excludes halogenated alkanes) is 11. The van der Waals surface area contributed by atoms with E-state index in [4.69, 9.17) is 24.3 Å². The van der Waals surface area contributed by atoms with Crippen LogP contribution in [0.4, 0.5) is 0 Å². The fraction of sp³-hybridized carbons (Fsp3) is 0.644. The maximum Gasteiger partial charge on any atom is 0.472 e. The van der Waals surface area contributed by atoms with Crippen molar-refractivity contribution >= 4 is 19.8 Å². The fourth-order valence-corrected chi connectivity index (χ4v) is 5.97. The summed E-state index contributed by atoms with van der Waals surface area (Å²) in [4.78, 5) is 34.8. The lowest BCUT2D eigenvalue weighted by atomic mass is 10.1. The summed E-state index contributed by atoms with van der Waals surface area (Å²) in [5.41, 5.74) is 5.33. The largest absolute Gasteiger partial charge is 0.472 e. The highest BCUT2D eigenvalue weighted by molar-refractivity contribution is 7.47. The van der Waals surface area contributed by atoms with E-state index in [1.807, 2.05) is 42.5 Å². The second-order valence-corrected chi connectivity index (χ2v) is 15.1. The van der Waals surface area contributed by atoms with Crippen molar-refractivity contribution in [1.82, 2.24) is 0 Å². The van der Waals surface area contributed by atoms with Crippen molar-refractivity contribution in [1.29, 1.82) is 0 Å². The minimum atomic E-state index is -4.41. The second-order valence-electron chi connectivity index (χ2n) is 13.7. The van der Waals surface area contributed by atoms with E-state index in [0.29, 0.717) is 19.3 Å². The number of phosphoric acid groups is 1. The third-order valence-electron chi connectivity index (χ3n) is 8.36. The standard InChI is InChI=1S/C45H76NO9P/c1-3-5-7-8-9-10-11-12-13-16-20-23-26-29-33-37-45(49)55-43(41-54-56(50,51)53-39-38-46)40-52-44(48)36-32-28-25-22-19-17-14-15-18-21-24-27-31-35-42(47)34-30-6-4-2/h6,12-13,15,17-19,24-25,27-28,30-31,35,42-43,47H,3-5,7-11,14,16,20-23,26,29,32-34,36-41,46H2,1-2H3,(H,50,51)/b13-12-,18-15-,19-17-,27-24+,28-25-,30-6-,35-31+/t42?,43-/m1/s1. The van der Waals surface area contributed by atoms with Crippen LogP contribution in [-0.2, 0) is 32.7 Å². The number of hydrogen-bond donors (Lipinski definition) is 3. The number of nitrogens with two attached hydrogens (primary N) is 1. The van der Waals surface area contributed by atoms with Crippen LogP contribution >= 0.6 is 7.82 Å². The lowest BCUT2D eigenvalue weighted by Gasteiger charge is -2.19. The average molecular weight is 806 g/mol.